The Balaban J connectivity index is 1.66. The number of carbonyl (C=O) groups excluding carboxylic acids is 1. The number of likely N-dealkylation sites (tertiary alicyclic amines) is 1. The van der Waals surface area contributed by atoms with Crippen LogP contribution in [0.1, 0.15) is 19.3 Å². The lowest BCUT2D eigenvalue weighted by molar-refractivity contribution is -0.122. The number of carbonyl (C=O) groups is 1. The molecule has 150 valence electrons. The van der Waals surface area contributed by atoms with Gasteiger partial charge in [0.15, 0.2) is 5.82 Å². The van der Waals surface area contributed by atoms with Crippen LogP contribution in [-0.2, 0) is 11.3 Å². The van der Waals surface area contributed by atoms with Crippen LogP contribution in [0.3, 0.4) is 0 Å². The number of fused-ring (bicyclic) bond motifs is 1. The Morgan fingerprint density at radius 2 is 2.04 bits per heavy atom. The number of amides is 1. The molecule has 1 saturated heterocycles. The zero-order valence-corrected chi connectivity index (χ0v) is 16.7. The van der Waals surface area contributed by atoms with Crippen LogP contribution in [0, 0.1) is 0 Å². The van der Waals surface area contributed by atoms with Gasteiger partial charge in [-0.25, -0.2) is 4.98 Å². The monoisotopic (exact) mass is 383 g/mol. The third-order valence-electron chi connectivity index (χ3n) is 5.16. The van der Waals surface area contributed by atoms with Crippen molar-refractivity contribution in [2.45, 2.75) is 31.8 Å². The number of para-hydroxylation sites is 2. The van der Waals surface area contributed by atoms with Crippen molar-refractivity contribution in [3.63, 3.8) is 0 Å². The first-order chi connectivity index (χ1) is 13.5. The van der Waals surface area contributed by atoms with Gasteiger partial charge in [0.1, 0.15) is 0 Å². The summed E-state index contributed by atoms with van der Waals surface area (Å²) in [5.74, 6) is 0.370. The molecule has 0 aliphatic carbocycles. The van der Waals surface area contributed by atoms with Gasteiger partial charge >= 0.3 is 0 Å². The lowest BCUT2D eigenvalue weighted by Gasteiger charge is -2.31. The minimum atomic E-state index is -0.172. The highest BCUT2D eigenvalue weighted by molar-refractivity contribution is 5.78. The van der Waals surface area contributed by atoms with E-state index in [1.807, 2.05) is 30.3 Å². The molecule has 1 aromatic carbocycles. The highest BCUT2D eigenvalue weighted by atomic mass is 16.2. The molecule has 0 spiro atoms. The number of nitrogens with one attached hydrogen (secondary N) is 1. The molecule has 1 aliphatic heterocycles. The van der Waals surface area contributed by atoms with Crippen LogP contribution in [0.5, 0.6) is 0 Å². The van der Waals surface area contributed by atoms with Crippen LogP contribution in [-0.4, -0.2) is 60.1 Å². The fourth-order valence-corrected chi connectivity index (χ4v) is 3.65. The lowest BCUT2D eigenvalue weighted by atomic mass is 10.0. The van der Waals surface area contributed by atoms with E-state index in [9.17, 15) is 9.59 Å². The number of rotatable bonds is 7. The zero-order valence-electron chi connectivity index (χ0n) is 16.7. The molecule has 2 heterocycles. The van der Waals surface area contributed by atoms with E-state index in [0.717, 1.165) is 43.5 Å². The second-order valence-electron chi connectivity index (χ2n) is 7.46. The van der Waals surface area contributed by atoms with Crippen LogP contribution in [0.2, 0.25) is 0 Å². The molecule has 7 heteroatoms. The summed E-state index contributed by atoms with van der Waals surface area (Å²) < 4.78 is 1.66. The Hall–Kier alpha value is -2.67. The minimum Gasteiger partial charge on any atom is -0.358 e. The summed E-state index contributed by atoms with van der Waals surface area (Å²) in [5.41, 5.74) is 1.33. The minimum absolute atomic E-state index is 0.0126. The summed E-state index contributed by atoms with van der Waals surface area (Å²) >= 11 is 0. The number of aromatic nitrogens is 2. The van der Waals surface area contributed by atoms with Crippen LogP contribution >= 0.6 is 0 Å². The maximum atomic E-state index is 12.8. The number of anilines is 1. The highest BCUT2D eigenvalue weighted by Crippen LogP contribution is 2.14. The summed E-state index contributed by atoms with van der Waals surface area (Å²) in [5, 5.41) is 3.12. The highest BCUT2D eigenvalue weighted by Gasteiger charge is 2.20. The molecule has 28 heavy (non-hydrogen) atoms. The van der Waals surface area contributed by atoms with E-state index >= 15 is 0 Å². The van der Waals surface area contributed by atoms with Crippen molar-refractivity contribution < 1.29 is 4.79 Å². The summed E-state index contributed by atoms with van der Waals surface area (Å²) in [7, 11) is 3.60. The molecule has 0 unspecified atom stereocenters. The number of aryl methyl sites for hydroxylation is 1. The fourth-order valence-electron chi connectivity index (χ4n) is 3.65. The van der Waals surface area contributed by atoms with E-state index in [4.69, 9.17) is 0 Å². The summed E-state index contributed by atoms with van der Waals surface area (Å²) in [6, 6.07) is 7.74. The topological polar surface area (TPSA) is 70.5 Å². The van der Waals surface area contributed by atoms with Crippen molar-refractivity contribution in [2.75, 3.05) is 38.6 Å². The normalized spacial score (nSPS) is 15.5. The van der Waals surface area contributed by atoms with Crippen molar-refractivity contribution in [1.82, 2.24) is 19.8 Å². The molecule has 0 radical (unpaired) electrons. The van der Waals surface area contributed by atoms with Crippen LogP contribution < -0.4 is 15.8 Å². The van der Waals surface area contributed by atoms with E-state index in [1.165, 1.54) is 0 Å². The van der Waals surface area contributed by atoms with Gasteiger partial charge in [-0.05, 0) is 25.0 Å². The number of hydrogen-bond acceptors (Lipinski definition) is 5. The van der Waals surface area contributed by atoms with Gasteiger partial charge in [-0.2, -0.15) is 0 Å². The van der Waals surface area contributed by atoms with Gasteiger partial charge in [0.05, 0.1) is 11.0 Å². The van der Waals surface area contributed by atoms with Gasteiger partial charge in [-0.15, -0.1) is 6.58 Å². The molecule has 0 bridgehead atoms. The maximum Gasteiger partial charge on any atom is 0.293 e. The Morgan fingerprint density at radius 1 is 1.32 bits per heavy atom. The largest absolute Gasteiger partial charge is 0.358 e. The average molecular weight is 383 g/mol. The molecule has 1 N–H and O–H groups in total. The zero-order chi connectivity index (χ0) is 20.1. The van der Waals surface area contributed by atoms with Crippen molar-refractivity contribution in [3.8, 4) is 0 Å². The molecule has 1 fully saturated rings. The molecule has 3 rings (SSSR count). The first-order valence-corrected chi connectivity index (χ1v) is 9.79. The van der Waals surface area contributed by atoms with E-state index in [0.29, 0.717) is 12.4 Å². The van der Waals surface area contributed by atoms with Gasteiger partial charge in [0.2, 0.25) is 5.91 Å². The maximum absolute atomic E-state index is 12.8. The molecular weight excluding hydrogens is 354 g/mol. The first-order valence-electron chi connectivity index (χ1n) is 9.79. The number of nitrogens with zero attached hydrogens (tertiary/aromatic N) is 4. The van der Waals surface area contributed by atoms with Crippen LogP contribution in [0.25, 0.3) is 11.0 Å². The number of piperidine rings is 1. The van der Waals surface area contributed by atoms with Crippen molar-refractivity contribution in [2.24, 2.45) is 0 Å². The van der Waals surface area contributed by atoms with E-state index in [1.54, 1.807) is 23.6 Å². The van der Waals surface area contributed by atoms with Gasteiger partial charge in [-0.3, -0.25) is 14.5 Å². The van der Waals surface area contributed by atoms with Crippen molar-refractivity contribution >= 4 is 22.8 Å². The molecule has 0 saturated carbocycles. The third kappa shape index (κ3) is 4.59. The molecule has 2 aromatic rings. The van der Waals surface area contributed by atoms with E-state index < -0.39 is 0 Å². The smallest absolute Gasteiger partial charge is 0.293 e. The van der Waals surface area contributed by atoms with Gasteiger partial charge in [-0.1, -0.05) is 18.2 Å². The standard InChI is InChI=1S/C21H29N5O2/c1-4-12-25-13-9-16(10-14-25)22-19(27)11-15-26-18-8-6-5-7-17(18)23-20(21(26)28)24(2)3/h4-8,16H,1,9-15H2,2-3H3,(H,22,27). The lowest BCUT2D eigenvalue weighted by Crippen LogP contribution is -2.44. The predicted molar refractivity (Wildman–Crippen MR) is 113 cm³/mol. The molecule has 1 amide bonds. The third-order valence-corrected chi connectivity index (χ3v) is 5.16. The Kier molecular flexibility index (Phi) is 6.46. The van der Waals surface area contributed by atoms with Gasteiger partial charge in [0.25, 0.3) is 5.56 Å². The van der Waals surface area contributed by atoms with Crippen LogP contribution in [0.4, 0.5) is 5.82 Å². The second kappa shape index (κ2) is 9.01. The fraction of sp³-hybridized carbons (Fsp3) is 0.476. The SMILES string of the molecule is C=CCN1CCC(NC(=O)CCn2c(=O)c(N(C)C)nc3ccccc32)CC1. The summed E-state index contributed by atoms with van der Waals surface area (Å²) in [4.78, 5) is 33.8. The number of hydrogen-bond donors (Lipinski definition) is 1. The molecule has 7 nitrogen and oxygen atoms in total. The van der Waals surface area contributed by atoms with Crippen molar-refractivity contribution in [1.29, 1.82) is 0 Å². The Morgan fingerprint density at radius 3 is 2.71 bits per heavy atom. The average Bonchev–Trinajstić information content (AvgIpc) is 2.68. The van der Waals surface area contributed by atoms with Gasteiger partial charge in [0, 0.05) is 52.7 Å². The van der Waals surface area contributed by atoms with E-state index in [2.05, 4.69) is 21.8 Å². The van der Waals surface area contributed by atoms with Crippen molar-refractivity contribution in [3.05, 3.63) is 47.3 Å². The summed E-state index contributed by atoms with van der Waals surface area (Å²) in [6.07, 6.45) is 4.08. The summed E-state index contributed by atoms with van der Waals surface area (Å²) in [6.45, 7) is 6.95. The number of benzene rings is 1. The van der Waals surface area contributed by atoms with Gasteiger partial charge < -0.3 is 14.8 Å². The quantitative estimate of drug-likeness (QED) is 0.736. The van der Waals surface area contributed by atoms with Crippen LogP contribution in [0.15, 0.2) is 41.7 Å². The van der Waals surface area contributed by atoms with E-state index in [-0.39, 0.29) is 23.9 Å². The second-order valence-corrected chi connectivity index (χ2v) is 7.46. The first kappa shape index (κ1) is 20.1. The predicted octanol–water partition coefficient (Wildman–Crippen LogP) is 1.62. The Labute approximate surface area is 165 Å². The molecule has 1 aliphatic rings. The molecule has 0 atom stereocenters. The Bertz CT molecular complexity index is 897. The molecule has 1 aromatic heterocycles. The molecular formula is C21H29N5O2.